The van der Waals surface area contributed by atoms with E-state index >= 15 is 0 Å². The molecule has 4 heteroatoms. The van der Waals surface area contributed by atoms with Crippen molar-refractivity contribution < 1.29 is 0 Å². The molecule has 1 atom stereocenters. The highest BCUT2D eigenvalue weighted by molar-refractivity contribution is 14.1. The molecule has 0 fully saturated rings. The van der Waals surface area contributed by atoms with E-state index in [2.05, 4.69) is 45.5 Å². The van der Waals surface area contributed by atoms with Gasteiger partial charge in [-0.25, -0.2) is 9.97 Å². The molecule has 2 N–H and O–H groups in total. The fourth-order valence-electron chi connectivity index (χ4n) is 1.56. The van der Waals surface area contributed by atoms with Gasteiger partial charge in [0.2, 0.25) is 0 Å². The van der Waals surface area contributed by atoms with Crippen molar-refractivity contribution in [3.63, 3.8) is 0 Å². The summed E-state index contributed by atoms with van der Waals surface area (Å²) in [4.78, 5) is 7.98. The summed E-state index contributed by atoms with van der Waals surface area (Å²) >= 11 is 2.33. The van der Waals surface area contributed by atoms with Gasteiger partial charge in [-0.3, -0.25) is 0 Å². The van der Waals surface area contributed by atoms with Gasteiger partial charge in [0.05, 0.1) is 6.04 Å². The Morgan fingerprint density at radius 1 is 1.25 bits per heavy atom. The van der Waals surface area contributed by atoms with Gasteiger partial charge in [-0.05, 0) is 40.6 Å². The molecule has 0 saturated carbocycles. The van der Waals surface area contributed by atoms with E-state index in [0.29, 0.717) is 0 Å². The van der Waals surface area contributed by atoms with Gasteiger partial charge in [-0.1, -0.05) is 18.2 Å². The zero-order valence-corrected chi connectivity index (χ0v) is 11.0. The fraction of sp³-hybridized carbons (Fsp3) is 0.167. The van der Waals surface area contributed by atoms with E-state index < -0.39 is 0 Å². The molecule has 1 unspecified atom stereocenters. The topological polar surface area (TPSA) is 51.8 Å². The second kappa shape index (κ2) is 4.88. The maximum absolute atomic E-state index is 6.20. The first kappa shape index (κ1) is 11.5. The Labute approximate surface area is 108 Å². The Balaban J connectivity index is 2.42. The van der Waals surface area contributed by atoms with E-state index in [-0.39, 0.29) is 6.04 Å². The number of aromatic nitrogens is 2. The molecule has 0 bridgehead atoms. The molecular formula is C12H12IN3. The lowest BCUT2D eigenvalue weighted by atomic mass is 10.0. The lowest BCUT2D eigenvalue weighted by Crippen LogP contribution is -2.14. The fourth-order valence-corrected chi connectivity index (χ4v) is 2.26. The van der Waals surface area contributed by atoms with Crippen LogP contribution in [0.1, 0.15) is 22.7 Å². The van der Waals surface area contributed by atoms with Crippen LogP contribution in [0.3, 0.4) is 0 Å². The van der Waals surface area contributed by atoms with Gasteiger partial charge in [0.1, 0.15) is 6.33 Å². The van der Waals surface area contributed by atoms with Crippen LogP contribution in [-0.4, -0.2) is 9.97 Å². The van der Waals surface area contributed by atoms with Crippen LogP contribution in [0.4, 0.5) is 0 Å². The first-order chi connectivity index (χ1) is 7.70. The SMILES string of the molecule is Cc1cccc(C(N)c2cncnc2)c1I. The van der Waals surface area contributed by atoms with Crippen molar-refractivity contribution in [3.8, 4) is 0 Å². The minimum absolute atomic E-state index is 0.159. The minimum atomic E-state index is -0.159. The van der Waals surface area contributed by atoms with Crippen LogP contribution in [0.25, 0.3) is 0 Å². The normalized spacial score (nSPS) is 12.4. The van der Waals surface area contributed by atoms with Gasteiger partial charge in [0.25, 0.3) is 0 Å². The largest absolute Gasteiger partial charge is 0.320 e. The summed E-state index contributed by atoms with van der Waals surface area (Å²) in [6.07, 6.45) is 5.03. The number of benzene rings is 1. The summed E-state index contributed by atoms with van der Waals surface area (Å²) in [6, 6.07) is 6.00. The van der Waals surface area contributed by atoms with E-state index in [1.54, 1.807) is 12.4 Å². The Morgan fingerprint density at radius 2 is 1.94 bits per heavy atom. The van der Waals surface area contributed by atoms with Crippen molar-refractivity contribution in [2.24, 2.45) is 5.73 Å². The molecule has 0 aliphatic carbocycles. The Bertz CT molecular complexity index is 485. The van der Waals surface area contributed by atoms with Crippen molar-refractivity contribution in [1.82, 2.24) is 9.97 Å². The maximum Gasteiger partial charge on any atom is 0.115 e. The molecule has 82 valence electrons. The molecule has 1 heterocycles. The van der Waals surface area contributed by atoms with Gasteiger partial charge in [0, 0.05) is 21.5 Å². The highest BCUT2D eigenvalue weighted by Crippen LogP contribution is 2.25. The molecule has 0 aliphatic rings. The predicted octanol–water partition coefficient (Wildman–Crippen LogP) is 2.44. The van der Waals surface area contributed by atoms with Crippen LogP contribution in [0.15, 0.2) is 36.9 Å². The van der Waals surface area contributed by atoms with Crippen LogP contribution in [0, 0.1) is 10.5 Å². The molecule has 0 saturated heterocycles. The molecule has 1 aromatic carbocycles. The van der Waals surface area contributed by atoms with E-state index in [1.807, 2.05) is 12.1 Å². The van der Waals surface area contributed by atoms with E-state index in [1.165, 1.54) is 15.5 Å². The number of nitrogens with zero attached hydrogens (tertiary/aromatic N) is 2. The summed E-state index contributed by atoms with van der Waals surface area (Å²) in [6.45, 7) is 2.08. The van der Waals surface area contributed by atoms with E-state index in [4.69, 9.17) is 5.73 Å². The third-order valence-corrected chi connectivity index (χ3v) is 3.97. The average Bonchev–Trinajstić information content (AvgIpc) is 2.33. The number of hydrogen-bond donors (Lipinski definition) is 1. The smallest absolute Gasteiger partial charge is 0.115 e. The lowest BCUT2D eigenvalue weighted by Gasteiger charge is -2.14. The Morgan fingerprint density at radius 3 is 2.62 bits per heavy atom. The molecule has 0 amide bonds. The number of nitrogens with two attached hydrogens (primary N) is 1. The van der Waals surface area contributed by atoms with Crippen LogP contribution < -0.4 is 5.73 Å². The van der Waals surface area contributed by atoms with Crippen LogP contribution in [-0.2, 0) is 0 Å². The minimum Gasteiger partial charge on any atom is -0.320 e. The summed E-state index contributed by atoms with van der Waals surface area (Å²) in [7, 11) is 0. The molecule has 0 spiro atoms. The lowest BCUT2D eigenvalue weighted by molar-refractivity contribution is 0.843. The van der Waals surface area contributed by atoms with Crippen molar-refractivity contribution in [1.29, 1.82) is 0 Å². The highest BCUT2D eigenvalue weighted by Gasteiger charge is 2.13. The third kappa shape index (κ3) is 2.22. The number of halogens is 1. The number of hydrogen-bond acceptors (Lipinski definition) is 3. The number of rotatable bonds is 2. The zero-order chi connectivity index (χ0) is 11.5. The van der Waals surface area contributed by atoms with E-state index in [9.17, 15) is 0 Å². The van der Waals surface area contributed by atoms with Crippen molar-refractivity contribution in [2.75, 3.05) is 0 Å². The Kier molecular flexibility index (Phi) is 3.50. The van der Waals surface area contributed by atoms with Gasteiger partial charge in [-0.2, -0.15) is 0 Å². The van der Waals surface area contributed by atoms with Crippen molar-refractivity contribution in [2.45, 2.75) is 13.0 Å². The van der Waals surface area contributed by atoms with Crippen molar-refractivity contribution in [3.05, 3.63) is 57.2 Å². The predicted molar refractivity (Wildman–Crippen MR) is 72.0 cm³/mol. The first-order valence-electron chi connectivity index (χ1n) is 4.95. The zero-order valence-electron chi connectivity index (χ0n) is 8.89. The maximum atomic E-state index is 6.20. The van der Waals surface area contributed by atoms with Gasteiger partial charge in [-0.15, -0.1) is 0 Å². The molecular weight excluding hydrogens is 313 g/mol. The standard InChI is InChI=1S/C12H12IN3/c1-8-3-2-4-10(11(8)13)12(14)9-5-15-7-16-6-9/h2-7,12H,14H2,1H3. The summed E-state index contributed by atoms with van der Waals surface area (Å²) in [5.74, 6) is 0. The summed E-state index contributed by atoms with van der Waals surface area (Å²) < 4.78 is 1.21. The molecule has 2 rings (SSSR count). The van der Waals surface area contributed by atoms with Gasteiger partial charge < -0.3 is 5.73 Å². The first-order valence-corrected chi connectivity index (χ1v) is 6.03. The molecule has 3 nitrogen and oxygen atoms in total. The van der Waals surface area contributed by atoms with Gasteiger partial charge in [0.15, 0.2) is 0 Å². The van der Waals surface area contributed by atoms with Gasteiger partial charge >= 0.3 is 0 Å². The number of aryl methyl sites for hydroxylation is 1. The quantitative estimate of drug-likeness (QED) is 0.863. The summed E-state index contributed by atoms with van der Waals surface area (Å²) in [5.41, 5.74) is 9.50. The van der Waals surface area contributed by atoms with Crippen LogP contribution in [0.5, 0.6) is 0 Å². The molecule has 1 aromatic heterocycles. The average molecular weight is 325 g/mol. The molecule has 16 heavy (non-hydrogen) atoms. The third-order valence-electron chi connectivity index (χ3n) is 2.50. The van der Waals surface area contributed by atoms with Crippen molar-refractivity contribution >= 4 is 22.6 Å². The second-order valence-electron chi connectivity index (χ2n) is 3.63. The molecule has 2 aromatic rings. The monoisotopic (exact) mass is 325 g/mol. The van der Waals surface area contributed by atoms with E-state index in [0.717, 1.165) is 11.1 Å². The highest BCUT2D eigenvalue weighted by atomic mass is 127. The van der Waals surface area contributed by atoms with Crippen LogP contribution in [0.2, 0.25) is 0 Å². The second-order valence-corrected chi connectivity index (χ2v) is 4.71. The Hall–Kier alpha value is -1.01. The van der Waals surface area contributed by atoms with Crippen LogP contribution >= 0.6 is 22.6 Å². The summed E-state index contributed by atoms with van der Waals surface area (Å²) in [5, 5.41) is 0. The molecule has 0 aliphatic heterocycles. The molecule has 0 radical (unpaired) electrons.